The average molecular weight is 222 g/mol. The fourth-order valence-corrected chi connectivity index (χ4v) is 1.75. The molecule has 2 aromatic carbocycles. The summed E-state index contributed by atoms with van der Waals surface area (Å²) in [5.41, 5.74) is 2.90. The number of hydrogen-bond acceptors (Lipinski definition) is 2. The summed E-state index contributed by atoms with van der Waals surface area (Å²) in [6, 6.07) is 20.1. The molecular formula is C15H14N2. The van der Waals surface area contributed by atoms with Crippen molar-refractivity contribution >= 4 is 5.69 Å². The number of hydrogen-bond donors (Lipinski definition) is 1. The van der Waals surface area contributed by atoms with Gasteiger partial charge in [-0.2, -0.15) is 5.26 Å². The maximum Gasteiger partial charge on any atom is 0.0991 e. The Morgan fingerprint density at radius 1 is 1.06 bits per heavy atom. The Morgan fingerprint density at radius 3 is 2.53 bits per heavy atom. The maximum absolute atomic E-state index is 8.86. The van der Waals surface area contributed by atoms with Gasteiger partial charge in [0.1, 0.15) is 0 Å². The molecule has 0 unspecified atom stereocenters. The summed E-state index contributed by atoms with van der Waals surface area (Å²) in [5, 5.41) is 12.3. The molecule has 0 amide bonds. The molecule has 84 valence electrons. The fourth-order valence-electron chi connectivity index (χ4n) is 1.75. The Morgan fingerprint density at radius 2 is 1.82 bits per heavy atom. The normalized spacial score (nSPS) is 11.5. The first kappa shape index (κ1) is 11.2. The zero-order chi connectivity index (χ0) is 12.1. The fraction of sp³-hybridized carbons (Fsp3) is 0.133. The standard InChI is InChI=1S/C15H14N2/c1-12(17-15-8-3-2-4-9-15)14-7-5-6-13(10-14)11-16/h2-10,12,17H,1H3/t12-/m1/s1. The number of benzene rings is 2. The third kappa shape index (κ3) is 2.85. The van der Waals surface area contributed by atoms with E-state index in [1.807, 2.05) is 54.6 Å². The Bertz CT molecular complexity index is 526. The minimum atomic E-state index is 0.186. The van der Waals surface area contributed by atoms with E-state index in [0.29, 0.717) is 5.56 Å². The van der Waals surface area contributed by atoms with Gasteiger partial charge in [0.25, 0.3) is 0 Å². The topological polar surface area (TPSA) is 35.8 Å². The summed E-state index contributed by atoms with van der Waals surface area (Å²) in [6.07, 6.45) is 0. The van der Waals surface area contributed by atoms with Gasteiger partial charge in [-0.05, 0) is 36.8 Å². The highest BCUT2D eigenvalue weighted by Gasteiger charge is 2.05. The van der Waals surface area contributed by atoms with Crippen LogP contribution in [-0.2, 0) is 0 Å². The van der Waals surface area contributed by atoms with Crippen LogP contribution in [0.2, 0.25) is 0 Å². The summed E-state index contributed by atoms with van der Waals surface area (Å²) in [4.78, 5) is 0. The monoisotopic (exact) mass is 222 g/mol. The van der Waals surface area contributed by atoms with Gasteiger partial charge in [-0.3, -0.25) is 0 Å². The van der Waals surface area contributed by atoms with Gasteiger partial charge < -0.3 is 5.32 Å². The summed E-state index contributed by atoms with van der Waals surface area (Å²) >= 11 is 0. The van der Waals surface area contributed by atoms with E-state index in [1.54, 1.807) is 0 Å². The molecule has 0 radical (unpaired) electrons. The third-order valence-electron chi connectivity index (χ3n) is 2.67. The second-order valence-corrected chi connectivity index (χ2v) is 3.97. The zero-order valence-electron chi connectivity index (χ0n) is 9.72. The van der Waals surface area contributed by atoms with Gasteiger partial charge in [0, 0.05) is 11.7 Å². The predicted molar refractivity (Wildman–Crippen MR) is 69.6 cm³/mol. The largest absolute Gasteiger partial charge is 0.379 e. The summed E-state index contributed by atoms with van der Waals surface area (Å²) < 4.78 is 0. The van der Waals surface area contributed by atoms with Crippen LogP contribution in [0, 0.1) is 11.3 Å². The van der Waals surface area contributed by atoms with Crippen LogP contribution >= 0.6 is 0 Å². The lowest BCUT2D eigenvalue weighted by molar-refractivity contribution is 0.884. The molecule has 0 saturated heterocycles. The Hall–Kier alpha value is -2.27. The SMILES string of the molecule is C[C@@H](Nc1ccccc1)c1cccc(C#N)c1. The van der Waals surface area contributed by atoms with E-state index in [1.165, 1.54) is 0 Å². The molecular weight excluding hydrogens is 208 g/mol. The Kier molecular flexibility index (Phi) is 3.42. The smallest absolute Gasteiger partial charge is 0.0991 e. The lowest BCUT2D eigenvalue weighted by Crippen LogP contribution is -2.06. The van der Waals surface area contributed by atoms with Crippen molar-refractivity contribution in [2.75, 3.05) is 5.32 Å². The molecule has 0 bridgehead atoms. The number of nitrogens with one attached hydrogen (secondary N) is 1. The van der Waals surface area contributed by atoms with Crippen molar-refractivity contribution < 1.29 is 0 Å². The van der Waals surface area contributed by atoms with Crippen molar-refractivity contribution in [1.29, 1.82) is 5.26 Å². The van der Waals surface area contributed by atoms with Crippen LogP contribution in [-0.4, -0.2) is 0 Å². The van der Waals surface area contributed by atoms with Crippen LogP contribution in [0.5, 0.6) is 0 Å². The summed E-state index contributed by atoms with van der Waals surface area (Å²) in [5.74, 6) is 0. The second-order valence-electron chi connectivity index (χ2n) is 3.97. The van der Waals surface area contributed by atoms with Crippen LogP contribution in [0.1, 0.15) is 24.1 Å². The first-order chi connectivity index (χ1) is 8.29. The Balaban J connectivity index is 2.15. The molecule has 0 aliphatic carbocycles. The molecule has 2 aromatic rings. The summed E-state index contributed by atoms with van der Waals surface area (Å²) in [6.45, 7) is 2.09. The molecule has 2 nitrogen and oxygen atoms in total. The van der Waals surface area contributed by atoms with Crippen LogP contribution < -0.4 is 5.32 Å². The van der Waals surface area contributed by atoms with E-state index in [-0.39, 0.29) is 6.04 Å². The minimum Gasteiger partial charge on any atom is -0.379 e. The number of para-hydroxylation sites is 1. The van der Waals surface area contributed by atoms with E-state index < -0.39 is 0 Å². The van der Waals surface area contributed by atoms with Crippen LogP contribution in [0.15, 0.2) is 54.6 Å². The molecule has 1 atom stereocenters. The summed E-state index contributed by atoms with van der Waals surface area (Å²) in [7, 11) is 0. The van der Waals surface area contributed by atoms with E-state index in [0.717, 1.165) is 11.3 Å². The zero-order valence-corrected chi connectivity index (χ0v) is 9.72. The molecule has 0 aliphatic rings. The second kappa shape index (κ2) is 5.18. The molecule has 2 rings (SSSR count). The predicted octanol–water partition coefficient (Wildman–Crippen LogP) is 3.73. The van der Waals surface area contributed by atoms with Gasteiger partial charge in [-0.15, -0.1) is 0 Å². The number of nitrogens with zero attached hydrogens (tertiary/aromatic N) is 1. The number of nitriles is 1. The van der Waals surface area contributed by atoms with Gasteiger partial charge in [-0.1, -0.05) is 30.3 Å². The molecule has 17 heavy (non-hydrogen) atoms. The van der Waals surface area contributed by atoms with Crippen molar-refractivity contribution in [2.24, 2.45) is 0 Å². The van der Waals surface area contributed by atoms with Gasteiger partial charge in [0.05, 0.1) is 11.6 Å². The lowest BCUT2D eigenvalue weighted by atomic mass is 10.1. The van der Waals surface area contributed by atoms with Crippen molar-refractivity contribution in [3.63, 3.8) is 0 Å². The number of anilines is 1. The molecule has 1 N–H and O–H groups in total. The molecule has 0 aromatic heterocycles. The minimum absolute atomic E-state index is 0.186. The van der Waals surface area contributed by atoms with E-state index in [9.17, 15) is 0 Å². The highest BCUT2D eigenvalue weighted by atomic mass is 14.9. The molecule has 0 fully saturated rings. The molecule has 0 heterocycles. The number of rotatable bonds is 3. The van der Waals surface area contributed by atoms with Gasteiger partial charge >= 0.3 is 0 Å². The van der Waals surface area contributed by atoms with E-state index in [4.69, 9.17) is 5.26 Å². The van der Waals surface area contributed by atoms with Crippen molar-refractivity contribution in [3.8, 4) is 6.07 Å². The average Bonchev–Trinajstić information content (AvgIpc) is 2.40. The van der Waals surface area contributed by atoms with Gasteiger partial charge in [0.15, 0.2) is 0 Å². The van der Waals surface area contributed by atoms with Crippen molar-refractivity contribution in [2.45, 2.75) is 13.0 Å². The lowest BCUT2D eigenvalue weighted by Gasteiger charge is -2.15. The maximum atomic E-state index is 8.86. The quantitative estimate of drug-likeness (QED) is 0.858. The molecule has 0 aliphatic heterocycles. The van der Waals surface area contributed by atoms with E-state index >= 15 is 0 Å². The van der Waals surface area contributed by atoms with Crippen LogP contribution in [0.25, 0.3) is 0 Å². The highest BCUT2D eigenvalue weighted by Crippen LogP contribution is 2.19. The molecule has 0 spiro atoms. The van der Waals surface area contributed by atoms with Crippen molar-refractivity contribution in [1.82, 2.24) is 0 Å². The molecule has 2 heteroatoms. The van der Waals surface area contributed by atoms with Gasteiger partial charge in [0.2, 0.25) is 0 Å². The first-order valence-corrected chi connectivity index (χ1v) is 5.61. The Labute approximate surface area is 102 Å². The van der Waals surface area contributed by atoms with Crippen molar-refractivity contribution in [3.05, 3.63) is 65.7 Å². The van der Waals surface area contributed by atoms with Crippen LogP contribution in [0.4, 0.5) is 5.69 Å². The first-order valence-electron chi connectivity index (χ1n) is 5.61. The highest BCUT2D eigenvalue weighted by molar-refractivity contribution is 5.45. The van der Waals surface area contributed by atoms with Gasteiger partial charge in [-0.25, -0.2) is 0 Å². The van der Waals surface area contributed by atoms with Crippen LogP contribution in [0.3, 0.4) is 0 Å². The van der Waals surface area contributed by atoms with E-state index in [2.05, 4.69) is 18.3 Å². The molecule has 0 saturated carbocycles. The third-order valence-corrected chi connectivity index (χ3v) is 2.67.